The van der Waals surface area contributed by atoms with Gasteiger partial charge in [0.05, 0.1) is 18.7 Å². The number of aliphatic imine (C=N–C) groups is 1. The number of guanidine groups is 1. The summed E-state index contributed by atoms with van der Waals surface area (Å²) in [7, 11) is 3.73. The molecule has 0 unspecified atom stereocenters. The van der Waals surface area contributed by atoms with Crippen LogP contribution in [0.1, 0.15) is 18.9 Å². The normalized spacial score (nSPS) is 12.3. The summed E-state index contributed by atoms with van der Waals surface area (Å²) in [5, 5.41) is 6.26. The van der Waals surface area contributed by atoms with Gasteiger partial charge in [0, 0.05) is 45.6 Å². The van der Waals surface area contributed by atoms with Crippen LogP contribution in [0.25, 0.3) is 0 Å². The summed E-state index contributed by atoms with van der Waals surface area (Å²) in [6, 6.07) is 2.16. The van der Waals surface area contributed by atoms with Gasteiger partial charge in [-0.2, -0.15) is 13.2 Å². The third-order valence-corrected chi connectivity index (χ3v) is 3.69. The molecule has 0 aliphatic heterocycles. The van der Waals surface area contributed by atoms with E-state index < -0.39 is 11.7 Å². The number of pyridine rings is 1. The van der Waals surface area contributed by atoms with Gasteiger partial charge in [0.1, 0.15) is 6.61 Å². The van der Waals surface area contributed by atoms with Crippen LogP contribution in [0.5, 0.6) is 5.88 Å². The maximum atomic E-state index is 12.5. The Morgan fingerprint density at radius 1 is 1.21 bits per heavy atom. The maximum absolute atomic E-state index is 12.5. The molecule has 1 aromatic heterocycles. The zero-order chi connectivity index (χ0) is 20.8. The van der Waals surface area contributed by atoms with Crippen LogP contribution in [0.4, 0.5) is 13.2 Å². The molecule has 0 radical (unpaired) electrons. The van der Waals surface area contributed by atoms with Crippen molar-refractivity contribution >= 4 is 5.96 Å². The third-order valence-electron chi connectivity index (χ3n) is 3.69. The zero-order valence-corrected chi connectivity index (χ0v) is 16.7. The summed E-state index contributed by atoms with van der Waals surface area (Å²) >= 11 is 0. The Kier molecular flexibility index (Phi) is 11.3. The van der Waals surface area contributed by atoms with Gasteiger partial charge in [0.15, 0.2) is 5.96 Å². The Morgan fingerprint density at radius 2 is 2.00 bits per heavy atom. The Hall–Kier alpha value is -2.07. The van der Waals surface area contributed by atoms with Gasteiger partial charge in [-0.15, -0.1) is 0 Å². The molecule has 0 aromatic carbocycles. The molecule has 2 N–H and O–H groups in total. The number of aromatic nitrogens is 1. The van der Waals surface area contributed by atoms with Crippen LogP contribution < -0.4 is 15.4 Å². The summed E-state index contributed by atoms with van der Waals surface area (Å²) < 4.78 is 47.9. The number of alkyl halides is 3. The van der Waals surface area contributed by atoms with Gasteiger partial charge in [-0.3, -0.25) is 4.99 Å². The predicted octanol–water partition coefficient (Wildman–Crippen LogP) is 2.00. The number of halogens is 3. The van der Waals surface area contributed by atoms with Gasteiger partial charge in [-0.1, -0.05) is 0 Å². The molecule has 0 bridgehead atoms. The molecule has 160 valence electrons. The molecule has 1 rings (SSSR count). The maximum Gasteiger partial charge on any atom is 0.417 e. The Morgan fingerprint density at radius 3 is 2.61 bits per heavy atom. The number of methoxy groups -OCH3 is 1. The van der Waals surface area contributed by atoms with E-state index in [1.807, 2.05) is 14.0 Å². The first kappa shape index (κ1) is 24.0. The van der Waals surface area contributed by atoms with Crippen molar-refractivity contribution in [3.05, 3.63) is 23.9 Å². The molecule has 28 heavy (non-hydrogen) atoms. The summed E-state index contributed by atoms with van der Waals surface area (Å²) in [6.45, 7) is 6.53. The number of nitrogens with zero attached hydrogens (tertiary/aromatic N) is 3. The second-order valence-electron chi connectivity index (χ2n) is 6.07. The fraction of sp³-hybridized carbons (Fsp3) is 0.667. The van der Waals surface area contributed by atoms with Crippen LogP contribution in [0.3, 0.4) is 0 Å². The molecule has 1 heterocycles. The van der Waals surface area contributed by atoms with Crippen molar-refractivity contribution in [3.8, 4) is 5.88 Å². The van der Waals surface area contributed by atoms with E-state index in [0.29, 0.717) is 19.0 Å². The molecule has 0 aliphatic carbocycles. The summed E-state index contributed by atoms with van der Waals surface area (Å²) in [5.74, 6) is 0.811. The minimum absolute atomic E-state index is 0.148. The molecule has 1 aromatic rings. The van der Waals surface area contributed by atoms with Crippen molar-refractivity contribution in [2.24, 2.45) is 4.99 Å². The minimum Gasteiger partial charge on any atom is -0.476 e. The Balaban J connectivity index is 2.32. The molecule has 0 fully saturated rings. The van der Waals surface area contributed by atoms with Crippen LogP contribution in [-0.2, 0) is 10.9 Å². The lowest BCUT2D eigenvalue weighted by Crippen LogP contribution is -2.40. The van der Waals surface area contributed by atoms with Gasteiger partial charge in [0.25, 0.3) is 0 Å². The summed E-state index contributed by atoms with van der Waals surface area (Å²) in [5.41, 5.74) is -0.799. The predicted molar refractivity (Wildman–Crippen MR) is 103 cm³/mol. The third kappa shape index (κ3) is 10.3. The molecule has 10 heteroatoms. The minimum atomic E-state index is -4.40. The average molecular weight is 405 g/mol. The number of ether oxygens (including phenoxy) is 2. The van der Waals surface area contributed by atoms with Gasteiger partial charge in [-0.05, 0) is 26.5 Å². The van der Waals surface area contributed by atoms with E-state index in [9.17, 15) is 13.2 Å². The van der Waals surface area contributed by atoms with Crippen LogP contribution in [0.15, 0.2) is 23.3 Å². The smallest absolute Gasteiger partial charge is 0.417 e. The second kappa shape index (κ2) is 13.2. The van der Waals surface area contributed by atoms with Crippen molar-refractivity contribution in [1.82, 2.24) is 20.5 Å². The zero-order valence-electron chi connectivity index (χ0n) is 16.7. The molecule has 0 amide bonds. The molecule has 0 spiro atoms. The van der Waals surface area contributed by atoms with Gasteiger partial charge < -0.3 is 25.0 Å². The van der Waals surface area contributed by atoms with Crippen LogP contribution >= 0.6 is 0 Å². The molecular formula is C18H30F3N5O2. The highest BCUT2D eigenvalue weighted by molar-refractivity contribution is 5.79. The topological polar surface area (TPSA) is 71.0 Å². The van der Waals surface area contributed by atoms with E-state index >= 15 is 0 Å². The molecule has 0 aliphatic rings. The average Bonchev–Trinajstić information content (AvgIpc) is 2.65. The van der Waals surface area contributed by atoms with E-state index in [0.717, 1.165) is 44.9 Å². The van der Waals surface area contributed by atoms with Crippen molar-refractivity contribution in [3.63, 3.8) is 0 Å². The lowest BCUT2D eigenvalue weighted by molar-refractivity contribution is -0.137. The first-order valence-electron chi connectivity index (χ1n) is 9.22. The number of hydrogen-bond acceptors (Lipinski definition) is 5. The van der Waals surface area contributed by atoms with E-state index in [1.165, 1.54) is 6.07 Å². The van der Waals surface area contributed by atoms with Crippen LogP contribution in [0.2, 0.25) is 0 Å². The first-order chi connectivity index (χ1) is 13.4. The van der Waals surface area contributed by atoms with Gasteiger partial charge in [0.2, 0.25) is 5.88 Å². The molecule has 0 atom stereocenters. The quantitative estimate of drug-likeness (QED) is 0.315. The Labute approximate surface area is 164 Å². The SMILES string of the molecule is CCNC(=NCCN(C)CCCOC)NCCOc1ccc(C(F)(F)F)cn1. The van der Waals surface area contributed by atoms with Crippen molar-refractivity contribution in [1.29, 1.82) is 0 Å². The van der Waals surface area contributed by atoms with E-state index in [2.05, 4.69) is 25.5 Å². The molecule has 7 nitrogen and oxygen atoms in total. The highest BCUT2D eigenvalue weighted by Gasteiger charge is 2.30. The largest absolute Gasteiger partial charge is 0.476 e. The fourth-order valence-electron chi connectivity index (χ4n) is 2.22. The second-order valence-corrected chi connectivity index (χ2v) is 6.07. The van der Waals surface area contributed by atoms with Crippen LogP contribution in [-0.4, -0.2) is 75.9 Å². The highest BCUT2D eigenvalue weighted by atomic mass is 19.4. The van der Waals surface area contributed by atoms with Crippen molar-refractivity contribution in [2.75, 3.05) is 60.1 Å². The number of nitrogens with one attached hydrogen (secondary N) is 2. The first-order valence-corrected chi connectivity index (χ1v) is 9.22. The monoisotopic (exact) mass is 405 g/mol. The van der Waals surface area contributed by atoms with Crippen molar-refractivity contribution in [2.45, 2.75) is 19.5 Å². The van der Waals surface area contributed by atoms with E-state index in [4.69, 9.17) is 9.47 Å². The van der Waals surface area contributed by atoms with Crippen molar-refractivity contribution < 1.29 is 22.6 Å². The standard InChI is InChI=1S/C18H30F3N5O2/c1-4-22-17(23-8-11-26(2)10-5-12-27-3)24-9-13-28-16-7-6-15(14-25-16)18(19,20)21/h6-7,14H,4-5,8-13H2,1-3H3,(H2,22,23,24). The fourth-order valence-corrected chi connectivity index (χ4v) is 2.22. The summed E-state index contributed by atoms with van der Waals surface area (Å²) in [4.78, 5) is 10.3. The summed E-state index contributed by atoms with van der Waals surface area (Å²) in [6.07, 6.45) is -2.66. The molecule has 0 saturated heterocycles. The number of hydrogen-bond donors (Lipinski definition) is 2. The Bertz CT molecular complexity index is 567. The molecule has 0 saturated carbocycles. The molecular weight excluding hydrogens is 375 g/mol. The van der Waals surface area contributed by atoms with E-state index in [-0.39, 0.29) is 12.5 Å². The lowest BCUT2D eigenvalue weighted by Gasteiger charge is -2.16. The van der Waals surface area contributed by atoms with E-state index in [1.54, 1.807) is 7.11 Å². The van der Waals surface area contributed by atoms with Gasteiger partial charge in [-0.25, -0.2) is 4.98 Å². The highest BCUT2D eigenvalue weighted by Crippen LogP contribution is 2.29. The number of rotatable bonds is 12. The van der Waals surface area contributed by atoms with Gasteiger partial charge >= 0.3 is 6.18 Å². The lowest BCUT2D eigenvalue weighted by atomic mass is 10.3. The van der Waals surface area contributed by atoms with Crippen LogP contribution in [0, 0.1) is 0 Å². The number of likely N-dealkylation sites (N-methyl/N-ethyl adjacent to an activating group) is 1.